The Morgan fingerprint density at radius 3 is 2.71 bits per heavy atom. The van der Waals surface area contributed by atoms with Gasteiger partial charge in [-0.05, 0) is 36.8 Å². The Bertz CT molecular complexity index is 1500. The fraction of sp³-hybridized carbons (Fsp3) is 0.292. The molecule has 2 bridgehead atoms. The summed E-state index contributed by atoms with van der Waals surface area (Å²) in [6, 6.07) is 10.9. The number of methoxy groups -OCH3 is 2. The van der Waals surface area contributed by atoms with Crippen LogP contribution >= 0.6 is 11.3 Å². The van der Waals surface area contributed by atoms with E-state index in [2.05, 4.69) is 9.73 Å². The van der Waals surface area contributed by atoms with Crippen LogP contribution in [0.1, 0.15) is 24.1 Å². The van der Waals surface area contributed by atoms with Gasteiger partial charge in [-0.25, -0.2) is 4.99 Å². The van der Waals surface area contributed by atoms with Gasteiger partial charge in [0.1, 0.15) is 11.7 Å². The Labute approximate surface area is 201 Å². The molecule has 0 spiro atoms. The number of thiazole rings is 1. The third kappa shape index (κ3) is 3.75. The van der Waals surface area contributed by atoms with Gasteiger partial charge < -0.3 is 18.9 Å². The van der Waals surface area contributed by atoms with Crippen molar-refractivity contribution >= 4 is 23.4 Å². The van der Waals surface area contributed by atoms with Crippen LogP contribution in [0.4, 0.5) is 8.78 Å². The number of benzene rings is 2. The lowest BCUT2D eigenvalue weighted by Crippen LogP contribution is -2.58. The smallest absolute Gasteiger partial charge is 0.387 e. The molecule has 0 radical (unpaired) electrons. The molecule has 1 aromatic heterocycles. The van der Waals surface area contributed by atoms with E-state index in [1.165, 1.54) is 37.0 Å². The Hall–Kier alpha value is -3.73. The SMILES string of the molecule is COC(=O)[C@@H]1[C@H]2c3ccccc3O[C@]1(C)N=c1s/c(=C\c3ccc(OC(F)F)c(OC)c3)c(=O)n12. The summed E-state index contributed by atoms with van der Waals surface area (Å²) >= 11 is 1.14. The molecule has 3 aromatic rings. The van der Waals surface area contributed by atoms with Crippen molar-refractivity contribution < 1.29 is 32.5 Å². The minimum atomic E-state index is -3.00. The Morgan fingerprint density at radius 1 is 1.23 bits per heavy atom. The summed E-state index contributed by atoms with van der Waals surface area (Å²) in [5.41, 5.74) is -0.399. The monoisotopic (exact) mass is 502 g/mol. The van der Waals surface area contributed by atoms with Gasteiger partial charge in [0.25, 0.3) is 5.56 Å². The lowest BCUT2D eigenvalue weighted by Gasteiger charge is -2.44. The quantitative estimate of drug-likeness (QED) is 0.498. The number of esters is 1. The fourth-order valence-electron chi connectivity index (χ4n) is 4.55. The van der Waals surface area contributed by atoms with E-state index in [1.54, 1.807) is 19.1 Å². The number of ether oxygens (including phenoxy) is 4. The Morgan fingerprint density at radius 2 is 2.00 bits per heavy atom. The maximum absolute atomic E-state index is 13.6. The lowest BCUT2D eigenvalue weighted by atomic mass is 9.81. The standard InChI is InChI=1S/C24H20F2N2O6S/c1-24-18(21(30)32-3)19(13-6-4-5-7-14(13)34-24)28-20(29)17(35-23(28)27-24)11-12-8-9-15(33-22(25)26)16(10-12)31-2/h4-11,18-19,22H,1-3H3/b17-11-/t18-,19+,24-/m0/s1. The van der Waals surface area contributed by atoms with E-state index in [4.69, 9.17) is 14.2 Å². The van der Waals surface area contributed by atoms with E-state index in [0.29, 0.717) is 26.2 Å². The molecule has 0 unspecified atom stereocenters. The van der Waals surface area contributed by atoms with Crippen LogP contribution in [0.15, 0.2) is 52.3 Å². The number of hydrogen-bond acceptors (Lipinski definition) is 8. The number of fused-ring (bicyclic) bond motifs is 6. The molecule has 0 aliphatic carbocycles. The molecule has 35 heavy (non-hydrogen) atoms. The highest BCUT2D eigenvalue weighted by molar-refractivity contribution is 7.07. The van der Waals surface area contributed by atoms with E-state index in [1.807, 2.05) is 18.2 Å². The minimum Gasteiger partial charge on any atom is -0.493 e. The van der Waals surface area contributed by atoms with Crippen molar-refractivity contribution in [2.75, 3.05) is 14.2 Å². The van der Waals surface area contributed by atoms with Gasteiger partial charge in [0.05, 0.1) is 24.8 Å². The van der Waals surface area contributed by atoms with Crippen molar-refractivity contribution in [3.8, 4) is 17.2 Å². The zero-order chi connectivity index (χ0) is 24.9. The van der Waals surface area contributed by atoms with Gasteiger partial charge in [-0.3, -0.25) is 14.2 Å². The second-order valence-electron chi connectivity index (χ2n) is 8.11. The summed E-state index contributed by atoms with van der Waals surface area (Å²) in [5, 5.41) is 0. The van der Waals surface area contributed by atoms with Gasteiger partial charge in [0.15, 0.2) is 16.3 Å². The Kier molecular flexibility index (Phi) is 5.59. The normalized spacial score (nSPS) is 22.5. The van der Waals surface area contributed by atoms with Crippen molar-refractivity contribution in [1.29, 1.82) is 0 Å². The number of para-hydroxylation sites is 1. The molecule has 2 aliphatic rings. The second-order valence-corrected chi connectivity index (χ2v) is 9.12. The predicted octanol–water partition coefficient (Wildman–Crippen LogP) is 2.47. The average Bonchev–Trinajstić information content (AvgIpc) is 3.11. The molecule has 2 aromatic carbocycles. The van der Waals surface area contributed by atoms with Crippen LogP contribution in [0.2, 0.25) is 0 Å². The molecular formula is C24H20F2N2O6S. The van der Waals surface area contributed by atoms with Crippen LogP contribution in [0.25, 0.3) is 6.08 Å². The Balaban J connectivity index is 1.69. The van der Waals surface area contributed by atoms with Gasteiger partial charge in [0, 0.05) is 5.56 Å². The van der Waals surface area contributed by atoms with E-state index >= 15 is 0 Å². The molecule has 3 atom stereocenters. The van der Waals surface area contributed by atoms with Gasteiger partial charge >= 0.3 is 12.6 Å². The van der Waals surface area contributed by atoms with Crippen LogP contribution in [0.5, 0.6) is 17.2 Å². The van der Waals surface area contributed by atoms with Crippen molar-refractivity contribution in [2.24, 2.45) is 10.9 Å². The summed E-state index contributed by atoms with van der Waals surface area (Å²) in [5.74, 6) is -0.891. The highest BCUT2D eigenvalue weighted by atomic mass is 32.1. The molecule has 0 saturated heterocycles. The first-order valence-electron chi connectivity index (χ1n) is 10.6. The number of halogens is 2. The first-order chi connectivity index (χ1) is 16.8. The maximum Gasteiger partial charge on any atom is 0.387 e. The molecule has 0 amide bonds. The second kappa shape index (κ2) is 8.49. The first-order valence-corrected chi connectivity index (χ1v) is 11.4. The van der Waals surface area contributed by atoms with Crippen molar-refractivity contribution in [3.63, 3.8) is 0 Å². The van der Waals surface area contributed by atoms with Crippen molar-refractivity contribution in [3.05, 3.63) is 73.3 Å². The summed E-state index contributed by atoms with van der Waals surface area (Å²) in [4.78, 5) is 31.5. The summed E-state index contributed by atoms with van der Waals surface area (Å²) in [6.45, 7) is -1.30. The third-order valence-electron chi connectivity index (χ3n) is 6.04. The zero-order valence-electron chi connectivity index (χ0n) is 18.9. The molecule has 5 rings (SSSR count). The highest BCUT2D eigenvalue weighted by Gasteiger charge is 2.55. The number of carbonyl (C=O) groups excluding carboxylic acids is 1. The minimum absolute atomic E-state index is 0.0987. The number of nitrogens with zero attached hydrogens (tertiary/aromatic N) is 2. The number of carbonyl (C=O) groups is 1. The van der Waals surface area contributed by atoms with Crippen LogP contribution < -0.4 is 29.1 Å². The van der Waals surface area contributed by atoms with Gasteiger partial charge in [-0.15, -0.1) is 0 Å². The van der Waals surface area contributed by atoms with Crippen LogP contribution in [-0.4, -0.2) is 37.1 Å². The average molecular weight is 502 g/mol. The van der Waals surface area contributed by atoms with Crippen molar-refractivity contribution in [1.82, 2.24) is 4.57 Å². The summed E-state index contributed by atoms with van der Waals surface area (Å²) in [7, 11) is 2.62. The van der Waals surface area contributed by atoms with Crippen LogP contribution in [-0.2, 0) is 9.53 Å². The maximum atomic E-state index is 13.6. The highest BCUT2D eigenvalue weighted by Crippen LogP contribution is 2.47. The van der Waals surface area contributed by atoms with E-state index in [0.717, 1.165) is 11.3 Å². The predicted molar refractivity (Wildman–Crippen MR) is 122 cm³/mol. The molecule has 182 valence electrons. The van der Waals surface area contributed by atoms with Gasteiger partial charge in [-0.1, -0.05) is 35.6 Å². The largest absolute Gasteiger partial charge is 0.493 e. The van der Waals surface area contributed by atoms with Gasteiger partial charge in [0.2, 0.25) is 5.72 Å². The molecule has 11 heteroatoms. The molecule has 2 aliphatic heterocycles. The van der Waals surface area contributed by atoms with Crippen LogP contribution in [0, 0.1) is 5.92 Å². The topological polar surface area (TPSA) is 88.4 Å². The summed E-state index contributed by atoms with van der Waals surface area (Å²) in [6.07, 6.45) is 1.61. The number of aromatic nitrogens is 1. The van der Waals surface area contributed by atoms with E-state index < -0.39 is 30.3 Å². The lowest BCUT2D eigenvalue weighted by molar-refractivity contribution is -0.158. The number of hydrogen-bond donors (Lipinski definition) is 0. The van der Waals surface area contributed by atoms with E-state index in [9.17, 15) is 18.4 Å². The summed E-state index contributed by atoms with van der Waals surface area (Å²) < 4.78 is 47.9. The zero-order valence-corrected chi connectivity index (χ0v) is 19.7. The van der Waals surface area contributed by atoms with Crippen molar-refractivity contribution in [2.45, 2.75) is 25.3 Å². The molecule has 0 fully saturated rings. The molecule has 0 saturated carbocycles. The number of alkyl halides is 2. The van der Waals surface area contributed by atoms with Gasteiger partial charge in [-0.2, -0.15) is 8.78 Å². The van der Waals surface area contributed by atoms with E-state index in [-0.39, 0.29) is 17.1 Å². The van der Waals surface area contributed by atoms with Crippen LogP contribution in [0.3, 0.4) is 0 Å². The molecular weight excluding hydrogens is 482 g/mol. The molecule has 3 heterocycles. The third-order valence-corrected chi connectivity index (χ3v) is 7.02. The number of rotatable bonds is 5. The fourth-order valence-corrected chi connectivity index (χ4v) is 5.65. The molecule has 8 nitrogen and oxygen atoms in total. The molecule has 0 N–H and O–H groups in total. The first kappa shape index (κ1) is 23.0.